The van der Waals surface area contributed by atoms with E-state index in [1.165, 1.54) is 12.3 Å². The van der Waals surface area contributed by atoms with Crippen molar-refractivity contribution in [3.63, 3.8) is 0 Å². The van der Waals surface area contributed by atoms with Crippen LogP contribution in [0.1, 0.15) is 4.88 Å². The topological polar surface area (TPSA) is 38.9 Å². The van der Waals surface area contributed by atoms with Crippen LogP contribution in [0, 0.1) is 0 Å². The van der Waals surface area contributed by atoms with Crippen molar-refractivity contribution in [3.05, 3.63) is 23.2 Å². The summed E-state index contributed by atoms with van der Waals surface area (Å²) in [5.74, 6) is 0. The molecule has 0 aliphatic carbocycles. The smallest absolute Gasteiger partial charge is 0.397 e. The van der Waals surface area contributed by atoms with Gasteiger partial charge in [-0.05, 0) is 12.1 Å². The summed E-state index contributed by atoms with van der Waals surface area (Å²) in [4.78, 5) is 3.14. The Hall–Kier alpha value is -1.30. The molecule has 0 saturated carbocycles. The summed E-state index contributed by atoms with van der Waals surface area (Å²) >= 11 is 0.618. The van der Waals surface area contributed by atoms with E-state index in [1.54, 1.807) is 0 Å². The first kappa shape index (κ1) is 9.26. The molecule has 2 nitrogen and oxygen atoms in total. The van der Waals surface area contributed by atoms with Crippen LogP contribution in [0.3, 0.4) is 0 Å². The number of thiophene rings is 1. The third-order valence-electron chi connectivity index (χ3n) is 1.72. The van der Waals surface area contributed by atoms with E-state index in [-0.39, 0.29) is 0 Å². The number of fused-ring (bicyclic) bond motifs is 1. The van der Waals surface area contributed by atoms with Gasteiger partial charge in [-0.15, -0.1) is 11.3 Å². The third kappa shape index (κ3) is 1.41. The maximum Gasteiger partial charge on any atom is 0.425 e. The Morgan fingerprint density at radius 1 is 1.36 bits per heavy atom. The van der Waals surface area contributed by atoms with Crippen molar-refractivity contribution in [1.82, 2.24) is 4.98 Å². The van der Waals surface area contributed by atoms with Gasteiger partial charge in [-0.2, -0.15) is 13.2 Å². The van der Waals surface area contributed by atoms with Crippen LogP contribution in [0.5, 0.6) is 0 Å². The van der Waals surface area contributed by atoms with Crippen LogP contribution in [-0.4, -0.2) is 4.98 Å². The fraction of sp³-hybridized carbons (Fsp3) is 0.125. The van der Waals surface area contributed by atoms with Gasteiger partial charge in [-0.3, -0.25) is 4.98 Å². The van der Waals surface area contributed by atoms with Gasteiger partial charge in [0.2, 0.25) is 0 Å². The summed E-state index contributed by atoms with van der Waals surface area (Å²) in [6.45, 7) is 0. The van der Waals surface area contributed by atoms with Crippen molar-refractivity contribution < 1.29 is 13.2 Å². The van der Waals surface area contributed by atoms with Crippen LogP contribution >= 0.6 is 11.3 Å². The highest BCUT2D eigenvalue weighted by atomic mass is 32.1. The molecule has 0 amide bonds. The van der Waals surface area contributed by atoms with Crippen LogP contribution in [-0.2, 0) is 6.18 Å². The minimum atomic E-state index is -4.32. The van der Waals surface area contributed by atoms with Crippen molar-refractivity contribution in [1.29, 1.82) is 0 Å². The van der Waals surface area contributed by atoms with Crippen molar-refractivity contribution in [3.8, 4) is 0 Å². The zero-order chi connectivity index (χ0) is 10.3. The Kier molecular flexibility index (Phi) is 1.88. The molecule has 2 rings (SSSR count). The zero-order valence-corrected chi connectivity index (χ0v) is 7.62. The van der Waals surface area contributed by atoms with Crippen molar-refractivity contribution in [2.45, 2.75) is 6.18 Å². The van der Waals surface area contributed by atoms with Crippen LogP contribution in [0.15, 0.2) is 18.3 Å². The van der Waals surface area contributed by atoms with Gasteiger partial charge in [0.1, 0.15) is 4.88 Å². The summed E-state index contributed by atoms with van der Waals surface area (Å²) in [5, 5.41) is 0. The number of aromatic nitrogens is 1. The molecule has 2 aromatic heterocycles. The molecule has 0 aliphatic heterocycles. The summed E-state index contributed by atoms with van der Waals surface area (Å²) in [7, 11) is 0. The Bertz CT molecular complexity index is 475. The molecular formula is C8H5F3N2S. The first-order valence-corrected chi connectivity index (χ1v) is 4.51. The number of nitrogens with zero attached hydrogens (tertiary/aromatic N) is 1. The fourth-order valence-corrected chi connectivity index (χ4v) is 2.01. The molecule has 74 valence electrons. The predicted octanol–water partition coefficient (Wildman–Crippen LogP) is 2.90. The quantitative estimate of drug-likeness (QED) is 0.738. The Balaban J connectivity index is 2.69. The number of nitrogens with two attached hydrogens (primary N) is 1. The van der Waals surface area contributed by atoms with E-state index in [4.69, 9.17) is 5.73 Å². The molecule has 0 bridgehead atoms. The lowest BCUT2D eigenvalue weighted by molar-refractivity contribution is -0.134. The summed E-state index contributed by atoms with van der Waals surface area (Å²) in [6.07, 6.45) is -2.93. The molecular weight excluding hydrogens is 213 g/mol. The molecule has 0 radical (unpaired) electrons. The van der Waals surface area contributed by atoms with E-state index in [0.717, 1.165) is 6.07 Å². The molecule has 0 atom stereocenters. The number of pyridine rings is 1. The highest BCUT2D eigenvalue weighted by Crippen LogP contribution is 2.38. The van der Waals surface area contributed by atoms with E-state index in [9.17, 15) is 13.2 Å². The molecule has 0 unspecified atom stereocenters. The average molecular weight is 218 g/mol. The molecule has 0 fully saturated rings. The average Bonchev–Trinajstić information content (AvgIpc) is 2.48. The highest BCUT2D eigenvalue weighted by Gasteiger charge is 2.33. The maximum absolute atomic E-state index is 12.3. The fourth-order valence-electron chi connectivity index (χ4n) is 1.10. The Morgan fingerprint density at radius 2 is 2.07 bits per heavy atom. The first-order valence-electron chi connectivity index (χ1n) is 3.70. The van der Waals surface area contributed by atoms with Crippen LogP contribution in [0.2, 0.25) is 0 Å². The standard InChI is InChI=1S/C8H5F3N2S/c9-8(10,11)6-3-5-7(14-6)4(12)1-2-13-5/h1-3H,(H2,12,13). The van der Waals surface area contributed by atoms with E-state index < -0.39 is 11.1 Å². The van der Waals surface area contributed by atoms with Gasteiger partial charge >= 0.3 is 6.18 Å². The number of hydrogen-bond donors (Lipinski definition) is 1. The lowest BCUT2D eigenvalue weighted by atomic mass is 10.3. The van der Waals surface area contributed by atoms with E-state index >= 15 is 0 Å². The van der Waals surface area contributed by atoms with E-state index in [2.05, 4.69) is 4.98 Å². The lowest BCUT2D eigenvalue weighted by Gasteiger charge is -1.99. The minimum absolute atomic E-state index is 0.294. The monoisotopic (exact) mass is 218 g/mol. The number of nitrogen functional groups attached to an aromatic ring is 1. The van der Waals surface area contributed by atoms with Gasteiger partial charge in [0.05, 0.1) is 15.9 Å². The van der Waals surface area contributed by atoms with Crippen molar-refractivity contribution in [2.24, 2.45) is 0 Å². The second kappa shape index (κ2) is 2.84. The van der Waals surface area contributed by atoms with Crippen LogP contribution < -0.4 is 5.73 Å². The zero-order valence-electron chi connectivity index (χ0n) is 6.80. The molecule has 14 heavy (non-hydrogen) atoms. The molecule has 2 aromatic rings. The molecule has 0 saturated heterocycles. The minimum Gasteiger partial charge on any atom is -0.397 e. The molecule has 2 heterocycles. The third-order valence-corrected chi connectivity index (χ3v) is 2.94. The summed E-state index contributed by atoms with van der Waals surface area (Å²) < 4.78 is 37.3. The molecule has 6 heteroatoms. The molecule has 2 N–H and O–H groups in total. The SMILES string of the molecule is Nc1ccnc2cc(C(F)(F)F)sc12. The number of hydrogen-bond acceptors (Lipinski definition) is 3. The second-order valence-corrected chi connectivity index (χ2v) is 3.78. The van der Waals surface area contributed by atoms with Crippen LogP contribution in [0.4, 0.5) is 18.9 Å². The molecule has 0 aliphatic rings. The Morgan fingerprint density at radius 3 is 2.64 bits per heavy atom. The largest absolute Gasteiger partial charge is 0.425 e. The van der Waals surface area contributed by atoms with E-state index in [1.807, 2.05) is 0 Å². The second-order valence-electron chi connectivity index (χ2n) is 2.72. The normalized spacial score (nSPS) is 12.2. The molecule has 0 spiro atoms. The number of anilines is 1. The number of halogens is 3. The van der Waals surface area contributed by atoms with Gasteiger partial charge in [0.25, 0.3) is 0 Å². The number of alkyl halides is 3. The summed E-state index contributed by atoms with van der Waals surface area (Å²) in [5.41, 5.74) is 6.14. The van der Waals surface area contributed by atoms with Gasteiger partial charge in [0, 0.05) is 6.20 Å². The highest BCUT2D eigenvalue weighted by molar-refractivity contribution is 7.19. The van der Waals surface area contributed by atoms with Crippen LogP contribution in [0.25, 0.3) is 10.2 Å². The van der Waals surface area contributed by atoms with Gasteiger partial charge in [0.15, 0.2) is 0 Å². The Labute approximate surface area is 81.2 Å². The number of rotatable bonds is 0. The summed E-state index contributed by atoms with van der Waals surface area (Å²) in [6, 6.07) is 2.50. The van der Waals surface area contributed by atoms with E-state index in [0.29, 0.717) is 27.2 Å². The van der Waals surface area contributed by atoms with Crippen molar-refractivity contribution in [2.75, 3.05) is 5.73 Å². The molecule has 0 aromatic carbocycles. The first-order chi connectivity index (χ1) is 6.48. The maximum atomic E-state index is 12.3. The van der Waals surface area contributed by atoms with Gasteiger partial charge in [-0.25, -0.2) is 0 Å². The lowest BCUT2D eigenvalue weighted by Crippen LogP contribution is -2.00. The van der Waals surface area contributed by atoms with Gasteiger partial charge in [-0.1, -0.05) is 0 Å². The van der Waals surface area contributed by atoms with Crippen molar-refractivity contribution >= 4 is 27.2 Å². The van der Waals surface area contributed by atoms with Gasteiger partial charge < -0.3 is 5.73 Å². The predicted molar refractivity (Wildman–Crippen MR) is 49.0 cm³/mol.